The van der Waals surface area contributed by atoms with Crippen molar-refractivity contribution < 1.29 is 24.1 Å². The molecular weight excluding hydrogens is 356 g/mol. The summed E-state index contributed by atoms with van der Waals surface area (Å²) in [5, 5.41) is 12.2. The zero-order valence-corrected chi connectivity index (χ0v) is 16.7. The smallest absolute Gasteiger partial charge is 0.313 e. The van der Waals surface area contributed by atoms with E-state index in [9.17, 15) is 9.90 Å². The standard InChI is InChI=1S/C20H25ClO5/c1-10(2)20(23)26-17-14-8-7-13(21)9-15(14)16(22)18(24-11(3)4)19(17)25-12(5)6/h7-12,22H,1-6H3. The molecule has 0 fully saturated rings. The first-order valence-electron chi connectivity index (χ1n) is 8.65. The Kier molecular flexibility index (Phi) is 6.24. The molecule has 0 radical (unpaired) electrons. The number of hydrogen-bond acceptors (Lipinski definition) is 5. The average molecular weight is 381 g/mol. The molecule has 0 saturated heterocycles. The zero-order valence-electron chi connectivity index (χ0n) is 15.9. The van der Waals surface area contributed by atoms with Crippen molar-refractivity contribution in [1.29, 1.82) is 0 Å². The maximum atomic E-state index is 12.3. The van der Waals surface area contributed by atoms with Gasteiger partial charge in [0.15, 0.2) is 11.5 Å². The van der Waals surface area contributed by atoms with Gasteiger partial charge in [0.25, 0.3) is 0 Å². The Hall–Kier alpha value is -2.14. The summed E-state index contributed by atoms with van der Waals surface area (Å²) in [6, 6.07) is 4.95. The van der Waals surface area contributed by atoms with Crippen LogP contribution in [-0.2, 0) is 4.79 Å². The van der Waals surface area contributed by atoms with Crippen molar-refractivity contribution in [1.82, 2.24) is 0 Å². The number of carbonyl (C=O) groups excluding carboxylic acids is 1. The van der Waals surface area contributed by atoms with E-state index >= 15 is 0 Å². The summed E-state index contributed by atoms with van der Waals surface area (Å²) in [6.45, 7) is 10.8. The lowest BCUT2D eigenvalue weighted by Crippen LogP contribution is -2.17. The lowest BCUT2D eigenvalue weighted by atomic mass is 10.1. The van der Waals surface area contributed by atoms with Gasteiger partial charge in [-0.05, 0) is 45.9 Å². The molecule has 26 heavy (non-hydrogen) atoms. The second-order valence-corrected chi connectivity index (χ2v) is 7.37. The van der Waals surface area contributed by atoms with Gasteiger partial charge < -0.3 is 19.3 Å². The number of esters is 1. The quantitative estimate of drug-likeness (QED) is 0.541. The lowest BCUT2D eigenvalue weighted by molar-refractivity contribution is -0.137. The minimum Gasteiger partial charge on any atom is -0.504 e. The fraction of sp³-hybridized carbons (Fsp3) is 0.450. The summed E-state index contributed by atoms with van der Waals surface area (Å²) >= 11 is 6.09. The summed E-state index contributed by atoms with van der Waals surface area (Å²) in [5.41, 5.74) is 0. The highest BCUT2D eigenvalue weighted by molar-refractivity contribution is 6.31. The number of phenolic OH excluding ortho intramolecular Hbond substituents is 1. The first-order chi connectivity index (χ1) is 12.1. The predicted octanol–water partition coefficient (Wildman–Crippen LogP) is 5.33. The Bertz CT molecular complexity index is 812. The average Bonchev–Trinajstić information content (AvgIpc) is 2.53. The Morgan fingerprint density at radius 2 is 1.50 bits per heavy atom. The van der Waals surface area contributed by atoms with E-state index in [2.05, 4.69) is 0 Å². The molecule has 6 heteroatoms. The van der Waals surface area contributed by atoms with Crippen molar-refractivity contribution in [2.24, 2.45) is 5.92 Å². The molecule has 5 nitrogen and oxygen atoms in total. The van der Waals surface area contributed by atoms with E-state index in [1.807, 2.05) is 27.7 Å². The molecule has 2 rings (SSSR count). The molecule has 0 aliphatic rings. The van der Waals surface area contributed by atoms with Gasteiger partial charge in [0.1, 0.15) is 0 Å². The molecule has 0 heterocycles. The monoisotopic (exact) mass is 380 g/mol. The molecule has 2 aromatic rings. The summed E-state index contributed by atoms with van der Waals surface area (Å²) in [6.07, 6.45) is -0.439. The van der Waals surface area contributed by atoms with E-state index < -0.39 is 5.97 Å². The summed E-state index contributed by atoms with van der Waals surface area (Å²) in [4.78, 5) is 12.3. The normalized spacial score (nSPS) is 11.5. The number of carbonyl (C=O) groups is 1. The Labute approximate surface area is 158 Å². The Morgan fingerprint density at radius 1 is 0.923 bits per heavy atom. The summed E-state index contributed by atoms with van der Waals surface area (Å²) < 4.78 is 17.3. The van der Waals surface area contributed by atoms with Gasteiger partial charge in [0.05, 0.1) is 18.1 Å². The van der Waals surface area contributed by atoms with Crippen LogP contribution in [0.15, 0.2) is 18.2 Å². The van der Waals surface area contributed by atoms with Crippen LogP contribution in [0, 0.1) is 5.92 Å². The van der Waals surface area contributed by atoms with Crippen LogP contribution in [0.5, 0.6) is 23.0 Å². The number of fused-ring (bicyclic) bond motifs is 1. The third-order valence-electron chi connectivity index (χ3n) is 3.49. The van der Waals surface area contributed by atoms with Gasteiger partial charge in [-0.25, -0.2) is 0 Å². The SMILES string of the molecule is CC(C)Oc1c(OC(C)C)c(OC(=O)C(C)C)c2ccc(Cl)cc2c1O. The number of rotatable bonds is 6. The molecule has 142 valence electrons. The van der Waals surface area contributed by atoms with Crippen LogP contribution in [0.3, 0.4) is 0 Å². The molecular formula is C20H25ClO5. The molecule has 2 aromatic carbocycles. The Morgan fingerprint density at radius 3 is 2.04 bits per heavy atom. The minimum absolute atomic E-state index is 0.101. The van der Waals surface area contributed by atoms with Crippen molar-refractivity contribution >= 4 is 28.3 Å². The minimum atomic E-state index is -0.406. The van der Waals surface area contributed by atoms with Crippen molar-refractivity contribution in [2.45, 2.75) is 53.8 Å². The van der Waals surface area contributed by atoms with Crippen LogP contribution >= 0.6 is 11.6 Å². The molecule has 0 bridgehead atoms. The third-order valence-corrected chi connectivity index (χ3v) is 3.73. The topological polar surface area (TPSA) is 65.0 Å². The second-order valence-electron chi connectivity index (χ2n) is 6.93. The maximum absolute atomic E-state index is 12.3. The molecule has 1 N–H and O–H groups in total. The fourth-order valence-electron chi connectivity index (χ4n) is 2.37. The Balaban J connectivity index is 2.84. The molecule has 0 aliphatic carbocycles. The van der Waals surface area contributed by atoms with E-state index in [-0.39, 0.29) is 41.1 Å². The first-order valence-corrected chi connectivity index (χ1v) is 9.02. The van der Waals surface area contributed by atoms with Crippen LogP contribution in [0.25, 0.3) is 10.8 Å². The van der Waals surface area contributed by atoms with Gasteiger partial charge in [-0.1, -0.05) is 25.4 Å². The van der Waals surface area contributed by atoms with E-state index in [4.69, 9.17) is 25.8 Å². The fourth-order valence-corrected chi connectivity index (χ4v) is 2.55. The predicted molar refractivity (Wildman–Crippen MR) is 103 cm³/mol. The van der Waals surface area contributed by atoms with Gasteiger partial charge in [0.2, 0.25) is 11.5 Å². The number of halogens is 1. The van der Waals surface area contributed by atoms with Gasteiger partial charge in [0, 0.05) is 15.8 Å². The van der Waals surface area contributed by atoms with Gasteiger partial charge in [-0.2, -0.15) is 0 Å². The highest BCUT2D eigenvalue weighted by atomic mass is 35.5. The van der Waals surface area contributed by atoms with Crippen LogP contribution < -0.4 is 14.2 Å². The summed E-state index contributed by atoms with van der Waals surface area (Å²) in [7, 11) is 0. The van der Waals surface area contributed by atoms with Gasteiger partial charge in [-0.15, -0.1) is 0 Å². The number of hydrogen-bond donors (Lipinski definition) is 1. The molecule has 0 saturated carbocycles. The highest BCUT2D eigenvalue weighted by Crippen LogP contribution is 2.52. The number of aromatic hydroxyl groups is 1. The van der Waals surface area contributed by atoms with Crippen molar-refractivity contribution in [2.75, 3.05) is 0 Å². The molecule has 0 atom stereocenters. The zero-order chi connectivity index (χ0) is 19.6. The second kappa shape index (κ2) is 8.04. The van der Waals surface area contributed by atoms with Crippen LogP contribution in [0.4, 0.5) is 0 Å². The van der Waals surface area contributed by atoms with Crippen LogP contribution in [0.2, 0.25) is 5.02 Å². The number of phenols is 1. The summed E-state index contributed by atoms with van der Waals surface area (Å²) in [5.74, 6) is -0.276. The van der Waals surface area contributed by atoms with Crippen molar-refractivity contribution in [3.05, 3.63) is 23.2 Å². The van der Waals surface area contributed by atoms with E-state index in [1.165, 1.54) is 0 Å². The molecule has 0 unspecified atom stereocenters. The number of benzene rings is 2. The highest BCUT2D eigenvalue weighted by Gasteiger charge is 2.27. The van der Waals surface area contributed by atoms with Crippen molar-refractivity contribution in [3.8, 4) is 23.0 Å². The molecule has 0 aliphatic heterocycles. The molecule has 0 amide bonds. The largest absolute Gasteiger partial charge is 0.504 e. The van der Waals surface area contributed by atoms with Gasteiger partial charge in [-0.3, -0.25) is 4.79 Å². The lowest BCUT2D eigenvalue weighted by Gasteiger charge is -2.23. The van der Waals surface area contributed by atoms with Crippen LogP contribution in [-0.4, -0.2) is 23.3 Å². The number of ether oxygens (including phenoxy) is 3. The van der Waals surface area contributed by atoms with Crippen LogP contribution in [0.1, 0.15) is 41.5 Å². The van der Waals surface area contributed by atoms with E-state index in [0.717, 1.165) is 0 Å². The third kappa shape index (κ3) is 4.33. The molecule has 0 spiro atoms. The maximum Gasteiger partial charge on any atom is 0.313 e. The van der Waals surface area contributed by atoms with Crippen molar-refractivity contribution in [3.63, 3.8) is 0 Å². The van der Waals surface area contributed by atoms with Gasteiger partial charge >= 0.3 is 5.97 Å². The van der Waals surface area contributed by atoms with E-state index in [1.54, 1.807) is 32.0 Å². The van der Waals surface area contributed by atoms with E-state index in [0.29, 0.717) is 15.8 Å². The first kappa shape index (κ1) is 20.2. The molecule has 0 aromatic heterocycles.